The lowest BCUT2D eigenvalue weighted by atomic mass is 10.1. The van der Waals surface area contributed by atoms with Crippen molar-refractivity contribution in [1.29, 1.82) is 0 Å². The lowest BCUT2D eigenvalue weighted by molar-refractivity contribution is 0.330. The van der Waals surface area contributed by atoms with Crippen molar-refractivity contribution in [3.8, 4) is 17.1 Å². The number of nitrogens with zero attached hydrogens (tertiary/aromatic N) is 3. The summed E-state index contributed by atoms with van der Waals surface area (Å²) in [4.78, 5) is 13.1. The van der Waals surface area contributed by atoms with Crippen LogP contribution in [0.4, 0.5) is 23.5 Å². The highest BCUT2D eigenvalue weighted by atomic mass is 19.2. The fourth-order valence-corrected chi connectivity index (χ4v) is 2.96. The molecule has 0 fully saturated rings. The monoisotopic (exact) mass is 428 g/mol. The van der Waals surface area contributed by atoms with Crippen molar-refractivity contribution in [2.24, 2.45) is 0 Å². The summed E-state index contributed by atoms with van der Waals surface area (Å²) < 4.78 is 59.2. The fraction of sp³-hybridized carbons (Fsp3) is 0.136. The molecule has 4 aromatic rings. The molecule has 158 valence electrons. The minimum Gasteiger partial charge on any atom is -0.476 e. The van der Waals surface area contributed by atoms with Crippen molar-refractivity contribution in [2.75, 3.05) is 11.9 Å². The van der Waals surface area contributed by atoms with Crippen molar-refractivity contribution in [3.63, 3.8) is 0 Å². The summed E-state index contributed by atoms with van der Waals surface area (Å²) in [6.45, 7) is 1.93. The van der Waals surface area contributed by atoms with E-state index in [0.29, 0.717) is 28.9 Å². The first-order valence-corrected chi connectivity index (χ1v) is 9.40. The first-order valence-electron chi connectivity index (χ1n) is 9.40. The molecule has 0 aliphatic rings. The number of halogens is 4. The third-order valence-electron chi connectivity index (χ3n) is 4.48. The second-order valence-corrected chi connectivity index (χ2v) is 6.54. The van der Waals surface area contributed by atoms with Crippen LogP contribution in [-0.2, 0) is 6.54 Å². The maximum absolute atomic E-state index is 13.9. The smallest absolute Gasteiger partial charge is 0.245 e. The molecule has 0 unspecified atom stereocenters. The van der Waals surface area contributed by atoms with Gasteiger partial charge in [0, 0.05) is 17.7 Å². The summed E-state index contributed by atoms with van der Waals surface area (Å²) in [6.07, 6.45) is 0. The summed E-state index contributed by atoms with van der Waals surface area (Å²) in [5.41, 5.74) is 2.07. The third kappa shape index (κ3) is 4.25. The van der Waals surface area contributed by atoms with E-state index in [2.05, 4.69) is 20.3 Å². The lowest BCUT2D eigenvalue weighted by Gasteiger charge is -2.11. The molecule has 1 N–H and O–H groups in total. The minimum absolute atomic E-state index is 0.0784. The molecule has 0 spiro atoms. The number of fused-ring (bicyclic) bond motifs is 1. The summed E-state index contributed by atoms with van der Waals surface area (Å²) >= 11 is 0. The molecule has 2 aromatic carbocycles. The quantitative estimate of drug-likeness (QED) is 0.335. The number of benzene rings is 2. The van der Waals surface area contributed by atoms with E-state index in [1.165, 1.54) is 12.1 Å². The Kier molecular flexibility index (Phi) is 5.66. The Hall–Kier alpha value is -3.75. The predicted octanol–water partition coefficient (Wildman–Crippen LogP) is 5.26. The van der Waals surface area contributed by atoms with Gasteiger partial charge in [-0.05, 0) is 49.4 Å². The number of nitrogens with one attached hydrogen (secondary N) is 1. The van der Waals surface area contributed by atoms with E-state index < -0.39 is 17.5 Å². The Morgan fingerprint density at radius 2 is 1.61 bits per heavy atom. The molecule has 0 bridgehead atoms. The number of rotatable bonds is 6. The Morgan fingerprint density at radius 1 is 0.839 bits per heavy atom. The summed E-state index contributed by atoms with van der Waals surface area (Å²) in [6, 6.07) is 11.3. The highest BCUT2D eigenvalue weighted by molar-refractivity contribution is 5.83. The molecule has 0 radical (unpaired) electrons. The minimum atomic E-state index is -1.54. The average molecular weight is 428 g/mol. The van der Waals surface area contributed by atoms with Crippen LogP contribution in [0, 0.1) is 23.3 Å². The Bertz CT molecular complexity index is 1250. The lowest BCUT2D eigenvalue weighted by Crippen LogP contribution is -2.09. The number of aromatic nitrogens is 3. The Balaban J connectivity index is 1.67. The van der Waals surface area contributed by atoms with Gasteiger partial charge in [-0.1, -0.05) is 6.07 Å². The topological polar surface area (TPSA) is 59.9 Å². The molecular formula is C22H16F4N4O. The molecule has 9 heteroatoms. The summed E-state index contributed by atoms with van der Waals surface area (Å²) in [5.74, 6) is -4.11. The highest BCUT2D eigenvalue weighted by Crippen LogP contribution is 2.27. The first-order chi connectivity index (χ1) is 15.0. The van der Waals surface area contributed by atoms with Gasteiger partial charge in [-0.2, -0.15) is 4.98 Å². The molecule has 0 aliphatic heterocycles. The van der Waals surface area contributed by atoms with E-state index in [1.54, 1.807) is 31.2 Å². The fourth-order valence-electron chi connectivity index (χ4n) is 2.96. The van der Waals surface area contributed by atoms with E-state index in [-0.39, 0.29) is 29.8 Å². The van der Waals surface area contributed by atoms with E-state index >= 15 is 0 Å². The number of hydrogen-bond acceptors (Lipinski definition) is 5. The average Bonchev–Trinajstić information content (AvgIpc) is 2.77. The van der Waals surface area contributed by atoms with Crippen molar-refractivity contribution in [1.82, 2.24) is 15.0 Å². The number of hydrogen-bond donors (Lipinski definition) is 1. The third-order valence-corrected chi connectivity index (χ3v) is 4.48. The standard InChI is InChI=1S/C22H16F4N4O/c1-2-31-21-20-17(10-9-16(28-20)12-3-6-14(23)7-4-12)29-22(30-21)27-11-13-5-8-15(24)19(26)18(13)25/h3-10H,2,11H2,1H3,(H,27,29,30). The summed E-state index contributed by atoms with van der Waals surface area (Å²) in [7, 11) is 0. The van der Waals surface area contributed by atoms with Gasteiger partial charge >= 0.3 is 0 Å². The molecule has 4 rings (SSSR count). The largest absolute Gasteiger partial charge is 0.476 e. The zero-order valence-electron chi connectivity index (χ0n) is 16.3. The van der Waals surface area contributed by atoms with Gasteiger partial charge in [-0.15, -0.1) is 0 Å². The van der Waals surface area contributed by atoms with Gasteiger partial charge in [-0.3, -0.25) is 0 Å². The van der Waals surface area contributed by atoms with Crippen molar-refractivity contribution < 1.29 is 22.3 Å². The van der Waals surface area contributed by atoms with Crippen LogP contribution in [0.1, 0.15) is 12.5 Å². The Labute approximate surface area is 174 Å². The van der Waals surface area contributed by atoms with Gasteiger partial charge < -0.3 is 10.1 Å². The van der Waals surface area contributed by atoms with Crippen LogP contribution in [-0.4, -0.2) is 21.6 Å². The van der Waals surface area contributed by atoms with Crippen LogP contribution in [0.2, 0.25) is 0 Å². The molecule has 0 atom stereocenters. The van der Waals surface area contributed by atoms with E-state index in [4.69, 9.17) is 4.74 Å². The molecule has 2 aromatic heterocycles. The molecule has 0 saturated heterocycles. The van der Waals surface area contributed by atoms with Crippen molar-refractivity contribution in [2.45, 2.75) is 13.5 Å². The molecule has 5 nitrogen and oxygen atoms in total. The molecule has 0 aliphatic carbocycles. The van der Waals surface area contributed by atoms with Crippen LogP contribution < -0.4 is 10.1 Å². The van der Waals surface area contributed by atoms with E-state index in [0.717, 1.165) is 12.1 Å². The molecule has 2 heterocycles. The van der Waals surface area contributed by atoms with Crippen molar-refractivity contribution >= 4 is 17.0 Å². The zero-order chi connectivity index (χ0) is 22.0. The van der Waals surface area contributed by atoms with Crippen LogP contribution in [0.25, 0.3) is 22.3 Å². The predicted molar refractivity (Wildman–Crippen MR) is 108 cm³/mol. The maximum atomic E-state index is 13.9. The molecule has 0 saturated carbocycles. The van der Waals surface area contributed by atoms with E-state index in [1.807, 2.05) is 0 Å². The highest BCUT2D eigenvalue weighted by Gasteiger charge is 2.15. The molecule has 31 heavy (non-hydrogen) atoms. The second-order valence-electron chi connectivity index (χ2n) is 6.54. The van der Waals surface area contributed by atoms with Gasteiger partial charge in [0.15, 0.2) is 23.0 Å². The SMILES string of the molecule is CCOc1nc(NCc2ccc(F)c(F)c2F)nc2ccc(-c3ccc(F)cc3)nc12. The number of anilines is 1. The number of ether oxygens (including phenoxy) is 1. The van der Waals surface area contributed by atoms with Crippen molar-refractivity contribution in [3.05, 3.63) is 77.4 Å². The normalized spacial score (nSPS) is 11.0. The second kappa shape index (κ2) is 8.55. The van der Waals surface area contributed by atoms with Gasteiger partial charge in [0.05, 0.1) is 17.8 Å². The van der Waals surface area contributed by atoms with Gasteiger partial charge in [0.1, 0.15) is 5.82 Å². The van der Waals surface area contributed by atoms with Gasteiger partial charge in [0.25, 0.3) is 0 Å². The van der Waals surface area contributed by atoms with Gasteiger partial charge in [-0.25, -0.2) is 27.5 Å². The van der Waals surface area contributed by atoms with Gasteiger partial charge in [0.2, 0.25) is 11.8 Å². The Morgan fingerprint density at radius 3 is 2.35 bits per heavy atom. The maximum Gasteiger partial charge on any atom is 0.245 e. The summed E-state index contributed by atoms with van der Waals surface area (Å²) in [5, 5.41) is 2.79. The zero-order valence-corrected chi connectivity index (χ0v) is 16.3. The molecular weight excluding hydrogens is 412 g/mol. The van der Waals surface area contributed by atoms with Crippen LogP contribution in [0.15, 0.2) is 48.5 Å². The first kappa shape index (κ1) is 20.5. The number of pyridine rings is 1. The van der Waals surface area contributed by atoms with Crippen LogP contribution in [0.3, 0.4) is 0 Å². The molecule has 0 amide bonds. The van der Waals surface area contributed by atoms with Crippen LogP contribution >= 0.6 is 0 Å². The van der Waals surface area contributed by atoms with E-state index in [9.17, 15) is 17.6 Å². The van der Waals surface area contributed by atoms with Crippen LogP contribution in [0.5, 0.6) is 5.88 Å².